The summed E-state index contributed by atoms with van der Waals surface area (Å²) < 4.78 is 76.2. The minimum Gasteiger partial charge on any atom is -0.453 e. The molecule has 0 aliphatic carbocycles. The highest BCUT2D eigenvalue weighted by molar-refractivity contribution is 5.56. The second-order valence-corrected chi connectivity index (χ2v) is 5.15. The molecule has 2 aromatic rings. The molecule has 1 aliphatic heterocycles. The summed E-state index contributed by atoms with van der Waals surface area (Å²) in [7, 11) is 0. The van der Waals surface area contributed by atoms with Crippen molar-refractivity contribution in [1.82, 2.24) is 0 Å². The van der Waals surface area contributed by atoms with Crippen LogP contribution in [0.15, 0.2) is 30.3 Å². The molecule has 0 bridgehead atoms. The average molecular weight is 357 g/mol. The third-order valence-electron chi connectivity index (χ3n) is 3.49. The lowest BCUT2D eigenvalue weighted by Crippen LogP contribution is -2.26. The lowest BCUT2D eigenvalue weighted by molar-refractivity contribution is -0.224. The van der Waals surface area contributed by atoms with Gasteiger partial charge < -0.3 is 14.6 Å². The molecule has 1 N–H and O–H groups in total. The van der Waals surface area contributed by atoms with E-state index in [0.29, 0.717) is 0 Å². The number of rotatable bonds is 3. The van der Waals surface area contributed by atoms with Crippen molar-refractivity contribution in [3.8, 4) is 23.3 Å². The van der Waals surface area contributed by atoms with Crippen LogP contribution in [0.5, 0.6) is 17.2 Å². The Morgan fingerprint density at radius 2 is 1.96 bits per heavy atom. The molecule has 0 fully saturated rings. The summed E-state index contributed by atoms with van der Waals surface area (Å²) in [6.07, 6.45) is -9.85. The highest BCUT2D eigenvalue weighted by Crippen LogP contribution is 2.53. The van der Waals surface area contributed by atoms with E-state index in [1.165, 1.54) is 0 Å². The van der Waals surface area contributed by atoms with Gasteiger partial charge in [-0.2, -0.15) is 14.0 Å². The molecule has 0 unspecified atom stereocenters. The largest absolute Gasteiger partial charge is 0.453 e. The van der Waals surface area contributed by atoms with Crippen LogP contribution in [-0.4, -0.2) is 11.2 Å². The van der Waals surface area contributed by atoms with E-state index < -0.39 is 47.1 Å². The van der Waals surface area contributed by atoms with Gasteiger partial charge in [-0.3, -0.25) is 0 Å². The first-order chi connectivity index (χ1) is 11.7. The number of aliphatic hydroxyl groups is 1. The van der Waals surface area contributed by atoms with Crippen LogP contribution in [0.3, 0.4) is 0 Å². The van der Waals surface area contributed by atoms with Crippen molar-refractivity contribution in [2.24, 2.45) is 0 Å². The second-order valence-electron chi connectivity index (χ2n) is 5.15. The first-order valence-corrected chi connectivity index (χ1v) is 6.81. The normalized spacial score (nSPS) is 17.8. The number of alkyl halides is 4. The Labute approximate surface area is 137 Å². The van der Waals surface area contributed by atoms with Crippen LogP contribution in [-0.2, 0) is 0 Å². The van der Waals surface area contributed by atoms with Gasteiger partial charge in [-0.1, -0.05) is 0 Å². The van der Waals surface area contributed by atoms with Gasteiger partial charge in [0.15, 0.2) is 17.6 Å². The molecular formula is C16H8F5NO3. The zero-order chi connectivity index (χ0) is 18.4. The van der Waals surface area contributed by atoms with Gasteiger partial charge in [0.1, 0.15) is 11.6 Å². The molecule has 4 nitrogen and oxygen atoms in total. The molecule has 0 amide bonds. The topological polar surface area (TPSA) is 62.5 Å². The van der Waals surface area contributed by atoms with E-state index in [4.69, 9.17) is 10.00 Å². The Bertz CT molecular complexity index is 879. The Hall–Kier alpha value is -2.86. The van der Waals surface area contributed by atoms with Gasteiger partial charge in [-0.25, -0.2) is 13.2 Å². The smallest absolute Gasteiger partial charge is 0.429 e. The van der Waals surface area contributed by atoms with Crippen molar-refractivity contribution in [2.45, 2.75) is 18.6 Å². The Balaban J connectivity index is 2.08. The van der Waals surface area contributed by atoms with Crippen LogP contribution in [0, 0.1) is 17.1 Å². The zero-order valence-electron chi connectivity index (χ0n) is 12.1. The third kappa shape index (κ3) is 2.96. The van der Waals surface area contributed by atoms with Crippen molar-refractivity contribution < 1.29 is 36.5 Å². The van der Waals surface area contributed by atoms with Crippen molar-refractivity contribution in [2.75, 3.05) is 0 Å². The van der Waals surface area contributed by atoms with E-state index in [-0.39, 0.29) is 11.3 Å². The van der Waals surface area contributed by atoms with Crippen LogP contribution >= 0.6 is 0 Å². The summed E-state index contributed by atoms with van der Waals surface area (Å²) in [6, 6.07) is 6.34. The summed E-state index contributed by atoms with van der Waals surface area (Å²) in [5.74, 6) is -2.23. The second kappa shape index (κ2) is 5.89. The highest BCUT2D eigenvalue weighted by atomic mass is 19.3. The van der Waals surface area contributed by atoms with Gasteiger partial charge in [0.05, 0.1) is 11.6 Å². The minimum atomic E-state index is -4.12. The molecule has 1 atom stereocenters. The van der Waals surface area contributed by atoms with Crippen LogP contribution < -0.4 is 9.47 Å². The van der Waals surface area contributed by atoms with E-state index in [1.54, 1.807) is 6.07 Å². The number of halogens is 5. The molecule has 0 aromatic heterocycles. The Kier molecular flexibility index (Phi) is 4.00. The number of nitrogens with zero attached hydrogens (tertiary/aromatic N) is 1. The van der Waals surface area contributed by atoms with Crippen LogP contribution in [0.4, 0.5) is 22.0 Å². The van der Waals surface area contributed by atoms with Gasteiger partial charge in [-0.05, 0) is 24.3 Å². The lowest BCUT2D eigenvalue weighted by atomic mass is 10.0. The van der Waals surface area contributed by atoms with Gasteiger partial charge in [0.25, 0.3) is 6.43 Å². The molecule has 2 aromatic carbocycles. The highest BCUT2D eigenvalue weighted by Gasteiger charge is 2.53. The molecule has 130 valence electrons. The fraction of sp³-hybridized carbons (Fsp3) is 0.188. The van der Waals surface area contributed by atoms with Crippen molar-refractivity contribution >= 4 is 0 Å². The molecule has 0 spiro atoms. The zero-order valence-corrected chi connectivity index (χ0v) is 12.1. The summed E-state index contributed by atoms with van der Waals surface area (Å²) in [4.78, 5) is 0. The molecule has 3 rings (SSSR count). The van der Waals surface area contributed by atoms with E-state index in [2.05, 4.69) is 4.74 Å². The van der Waals surface area contributed by atoms with Crippen molar-refractivity contribution in [1.29, 1.82) is 5.26 Å². The first-order valence-electron chi connectivity index (χ1n) is 6.81. The molecular weight excluding hydrogens is 349 g/mol. The van der Waals surface area contributed by atoms with E-state index in [1.807, 2.05) is 0 Å². The van der Waals surface area contributed by atoms with Gasteiger partial charge in [0, 0.05) is 17.2 Å². The van der Waals surface area contributed by atoms with Crippen LogP contribution in [0.1, 0.15) is 29.2 Å². The molecule has 1 aliphatic rings. The van der Waals surface area contributed by atoms with E-state index in [9.17, 15) is 27.1 Å². The number of hydrogen-bond acceptors (Lipinski definition) is 4. The monoisotopic (exact) mass is 357 g/mol. The van der Waals surface area contributed by atoms with E-state index in [0.717, 1.165) is 30.3 Å². The van der Waals surface area contributed by atoms with Gasteiger partial charge in [-0.15, -0.1) is 0 Å². The number of fused-ring (bicyclic) bond motifs is 1. The summed E-state index contributed by atoms with van der Waals surface area (Å²) >= 11 is 0. The predicted molar refractivity (Wildman–Crippen MR) is 73.1 cm³/mol. The first kappa shape index (κ1) is 17.0. The number of hydrogen-bond donors (Lipinski definition) is 1. The average Bonchev–Trinajstić information content (AvgIpc) is 2.78. The molecule has 0 saturated heterocycles. The molecule has 0 saturated carbocycles. The predicted octanol–water partition coefficient (Wildman–Crippen LogP) is 4.45. The molecule has 0 radical (unpaired) electrons. The summed E-state index contributed by atoms with van der Waals surface area (Å²) in [5.41, 5.74) is -1.72. The van der Waals surface area contributed by atoms with E-state index >= 15 is 0 Å². The maximum atomic E-state index is 13.6. The Morgan fingerprint density at radius 1 is 1.24 bits per heavy atom. The van der Waals surface area contributed by atoms with Crippen LogP contribution in [0.2, 0.25) is 0 Å². The SMILES string of the molecule is N#Cc1cc(F)cc(Oc2ccc(C(F)F)c3c2OC(F)(F)[C@H]3O)c1. The summed E-state index contributed by atoms with van der Waals surface area (Å²) in [5, 5.41) is 18.4. The maximum Gasteiger partial charge on any atom is 0.429 e. The summed E-state index contributed by atoms with van der Waals surface area (Å²) in [6.45, 7) is 0. The lowest BCUT2D eigenvalue weighted by Gasteiger charge is -2.13. The number of nitriles is 1. The Morgan fingerprint density at radius 3 is 2.60 bits per heavy atom. The standard InChI is InChI=1S/C16H8F5NO3/c17-8-3-7(6-22)4-9(5-8)24-11-2-1-10(15(18)19)12-13(11)25-16(20,21)14(12)23/h1-5,14-15,23H/t14-/m0/s1. The quantitative estimate of drug-likeness (QED) is 0.825. The third-order valence-corrected chi connectivity index (χ3v) is 3.49. The number of benzene rings is 2. The molecule has 25 heavy (non-hydrogen) atoms. The van der Waals surface area contributed by atoms with Gasteiger partial charge in [0.2, 0.25) is 0 Å². The fourth-order valence-corrected chi connectivity index (χ4v) is 2.43. The molecule has 1 heterocycles. The van der Waals surface area contributed by atoms with Crippen LogP contribution in [0.25, 0.3) is 0 Å². The van der Waals surface area contributed by atoms with Gasteiger partial charge >= 0.3 is 6.11 Å². The number of aliphatic hydroxyl groups excluding tert-OH is 1. The maximum absolute atomic E-state index is 13.6. The number of ether oxygens (including phenoxy) is 2. The minimum absolute atomic E-state index is 0.0953. The van der Waals surface area contributed by atoms with Crippen molar-refractivity contribution in [3.05, 3.63) is 52.8 Å². The fourth-order valence-electron chi connectivity index (χ4n) is 2.43. The van der Waals surface area contributed by atoms with Crippen molar-refractivity contribution in [3.63, 3.8) is 0 Å². The molecule has 9 heteroatoms.